The van der Waals surface area contributed by atoms with Crippen LogP contribution in [0.4, 0.5) is 10.7 Å². The number of nitrogens with one attached hydrogen (secondary N) is 1. The van der Waals surface area contributed by atoms with Crippen LogP contribution in [0.25, 0.3) is 0 Å². The van der Waals surface area contributed by atoms with E-state index in [0.29, 0.717) is 44.3 Å². The van der Waals surface area contributed by atoms with Crippen molar-refractivity contribution < 1.29 is 23.8 Å². The summed E-state index contributed by atoms with van der Waals surface area (Å²) in [6, 6.07) is 18.2. The van der Waals surface area contributed by atoms with Crippen LogP contribution in [-0.4, -0.2) is 53.7 Å². The molecule has 2 heterocycles. The molecule has 1 aliphatic heterocycles. The summed E-state index contributed by atoms with van der Waals surface area (Å²) in [6.45, 7) is 15.0. The lowest BCUT2D eigenvalue weighted by Gasteiger charge is -2.54. The standard InChI is InChI=1S/C35H44N4O5/c1-24(19-37-32(41)44-33(2,3)4)20-42-29-11-7-25(8-12-29)34(5,6)26-9-13-30(14-10-26)43-21-27-15-16-36-31(38-27)39-22-35(23-39)17-28(40)18-35/h7-16,24H,17-23H2,1-6H3,(H,37,41). The predicted octanol–water partition coefficient (Wildman–Crippen LogP) is 6.09. The van der Waals surface area contributed by atoms with Crippen LogP contribution in [0.5, 0.6) is 11.5 Å². The van der Waals surface area contributed by atoms with Gasteiger partial charge in [-0.2, -0.15) is 0 Å². The molecule has 1 saturated heterocycles. The Labute approximate surface area is 260 Å². The molecule has 0 radical (unpaired) electrons. The lowest BCUT2D eigenvalue weighted by atomic mass is 9.63. The second-order valence-corrected chi connectivity index (χ2v) is 13.9. The second kappa shape index (κ2) is 12.5. The van der Waals surface area contributed by atoms with E-state index in [1.807, 2.05) is 58.0 Å². The number of ether oxygens (including phenoxy) is 3. The highest BCUT2D eigenvalue weighted by Crippen LogP contribution is 2.46. The van der Waals surface area contributed by atoms with E-state index in [-0.39, 0.29) is 16.7 Å². The second-order valence-electron chi connectivity index (χ2n) is 13.9. The summed E-state index contributed by atoms with van der Waals surface area (Å²) in [5, 5.41) is 2.79. The molecular weight excluding hydrogens is 556 g/mol. The number of benzene rings is 2. The molecule has 1 saturated carbocycles. The van der Waals surface area contributed by atoms with Gasteiger partial charge in [-0.3, -0.25) is 4.79 Å². The summed E-state index contributed by atoms with van der Waals surface area (Å²) in [7, 11) is 0. The number of carbonyl (C=O) groups excluding carboxylic acids is 2. The average molecular weight is 601 g/mol. The number of carbonyl (C=O) groups is 2. The van der Waals surface area contributed by atoms with Crippen molar-refractivity contribution in [3.63, 3.8) is 0 Å². The molecule has 9 nitrogen and oxygen atoms in total. The molecule has 234 valence electrons. The zero-order chi connectivity index (χ0) is 31.5. The van der Waals surface area contributed by atoms with Gasteiger partial charge in [0.25, 0.3) is 0 Å². The molecule has 2 aliphatic rings. The molecule has 1 amide bonds. The Kier molecular flexibility index (Phi) is 8.86. The van der Waals surface area contributed by atoms with Gasteiger partial charge >= 0.3 is 6.09 Å². The van der Waals surface area contributed by atoms with E-state index in [1.54, 1.807) is 6.20 Å². The topological polar surface area (TPSA) is 103 Å². The summed E-state index contributed by atoms with van der Waals surface area (Å²) < 4.78 is 17.3. The van der Waals surface area contributed by atoms with Gasteiger partial charge in [0.05, 0.1) is 12.3 Å². The van der Waals surface area contributed by atoms with E-state index in [0.717, 1.165) is 30.3 Å². The molecular formula is C35H44N4O5. The van der Waals surface area contributed by atoms with Gasteiger partial charge in [0, 0.05) is 55.4 Å². The Hall–Kier alpha value is -4.14. The van der Waals surface area contributed by atoms with Crippen LogP contribution in [0.2, 0.25) is 0 Å². The van der Waals surface area contributed by atoms with Crippen LogP contribution in [-0.2, 0) is 21.6 Å². The third-order valence-corrected chi connectivity index (χ3v) is 8.25. The molecule has 1 spiro atoms. The molecule has 3 aromatic rings. The first-order chi connectivity index (χ1) is 20.8. The highest BCUT2D eigenvalue weighted by atomic mass is 16.6. The highest BCUT2D eigenvalue weighted by Gasteiger charge is 2.52. The Bertz CT molecular complexity index is 1450. The minimum absolute atomic E-state index is 0.129. The minimum atomic E-state index is -0.517. The SMILES string of the molecule is CC(CNC(=O)OC(C)(C)C)COc1ccc(C(C)(C)c2ccc(OCc3ccnc(N4CC5(CC(=O)C5)C4)n3)cc2)cc1. The molecule has 1 aromatic heterocycles. The number of amides is 1. The Balaban J connectivity index is 1.09. The average Bonchev–Trinajstić information content (AvgIpc) is 2.94. The molecule has 44 heavy (non-hydrogen) atoms. The van der Waals surface area contributed by atoms with Gasteiger partial charge in [0.15, 0.2) is 0 Å². The number of hydrogen-bond donors (Lipinski definition) is 1. The molecule has 5 rings (SSSR count). The fourth-order valence-corrected chi connectivity index (χ4v) is 5.66. The lowest BCUT2D eigenvalue weighted by Crippen LogP contribution is -2.63. The third-order valence-electron chi connectivity index (χ3n) is 8.25. The number of nitrogens with zero attached hydrogens (tertiary/aromatic N) is 3. The maximum atomic E-state index is 11.9. The van der Waals surface area contributed by atoms with Gasteiger partial charge < -0.3 is 24.4 Å². The van der Waals surface area contributed by atoms with E-state index in [2.05, 4.69) is 58.3 Å². The monoisotopic (exact) mass is 600 g/mol. The number of anilines is 1. The predicted molar refractivity (Wildman–Crippen MR) is 169 cm³/mol. The Morgan fingerprint density at radius 2 is 1.52 bits per heavy atom. The van der Waals surface area contributed by atoms with Crippen molar-refractivity contribution in [2.45, 2.75) is 72.0 Å². The van der Waals surface area contributed by atoms with Crippen molar-refractivity contribution in [2.24, 2.45) is 11.3 Å². The number of Topliss-reactive ketones (excluding diaryl/α,β-unsaturated/α-hetero) is 1. The lowest BCUT2D eigenvalue weighted by molar-refractivity contribution is -0.134. The van der Waals surface area contributed by atoms with E-state index in [9.17, 15) is 9.59 Å². The van der Waals surface area contributed by atoms with Gasteiger partial charge in [0.1, 0.15) is 29.5 Å². The summed E-state index contributed by atoms with van der Waals surface area (Å²) in [6.07, 6.45) is 2.73. The summed E-state index contributed by atoms with van der Waals surface area (Å²) in [5.74, 6) is 2.76. The van der Waals surface area contributed by atoms with Crippen LogP contribution in [0, 0.1) is 11.3 Å². The van der Waals surface area contributed by atoms with Crippen LogP contribution in [0.3, 0.4) is 0 Å². The van der Waals surface area contributed by atoms with Crippen molar-refractivity contribution in [3.8, 4) is 11.5 Å². The number of alkyl carbamates (subject to hydrolysis) is 1. The fourth-order valence-electron chi connectivity index (χ4n) is 5.66. The summed E-state index contributed by atoms with van der Waals surface area (Å²) in [5.41, 5.74) is 2.60. The molecule has 1 aliphatic carbocycles. The smallest absolute Gasteiger partial charge is 0.407 e. The quantitative estimate of drug-likeness (QED) is 0.282. The van der Waals surface area contributed by atoms with Gasteiger partial charge in [0.2, 0.25) is 5.95 Å². The molecule has 9 heteroatoms. The molecule has 1 atom stereocenters. The van der Waals surface area contributed by atoms with Crippen molar-refractivity contribution in [3.05, 3.63) is 77.6 Å². The van der Waals surface area contributed by atoms with E-state index < -0.39 is 11.7 Å². The largest absolute Gasteiger partial charge is 0.493 e. The first-order valence-corrected chi connectivity index (χ1v) is 15.3. The van der Waals surface area contributed by atoms with Gasteiger partial charge in [-0.25, -0.2) is 14.8 Å². The first kappa shape index (κ1) is 31.3. The van der Waals surface area contributed by atoms with Gasteiger partial charge in [-0.05, 0) is 62.2 Å². The van der Waals surface area contributed by atoms with Crippen molar-refractivity contribution in [2.75, 3.05) is 31.1 Å². The normalized spacial score (nSPS) is 16.5. The van der Waals surface area contributed by atoms with Gasteiger partial charge in [-0.15, -0.1) is 0 Å². The van der Waals surface area contributed by atoms with Crippen molar-refractivity contribution in [1.82, 2.24) is 15.3 Å². The zero-order valence-corrected chi connectivity index (χ0v) is 26.7. The maximum absolute atomic E-state index is 11.9. The van der Waals surface area contributed by atoms with Crippen LogP contribution < -0.4 is 19.7 Å². The number of ketones is 1. The van der Waals surface area contributed by atoms with Crippen LogP contribution in [0.1, 0.15) is 71.2 Å². The van der Waals surface area contributed by atoms with Crippen LogP contribution >= 0.6 is 0 Å². The number of hydrogen-bond acceptors (Lipinski definition) is 8. The summed E-state index contributed by atoms with van der Waals surface area (Å²) in [4.78, 5) is 34.5. The van der Waals surface area contributed by atoms with E-state index >= 15 is 0 Å². The van der Waals surface area contributed by atoms with E-state index in [1.165, 1.54) is 11.1 Å². The maximum Gasteiger partial charge on any atom is 0.407 e. The van der Waals surface area contributed by atoms with E-state index in [4.69, 9.17) is 14.2 Å². The molecule has 0 bridgehead atoms. The van der Waals surface area contributed by atoms with Crippen molar-refractivity contribution in [1.29, 1.82) is 0 Å². The molecule has 2 aromatic carbocycles. The number of aromatic nitrogens is 2. The number of rotatable bonds is 11. The third kappa shape index (κ3) is 7.68. The van der Waals surface area contributed by atoms with Gasteiger partial charge in [-0.1, -0.05) is 45.0 Å². The molecule has 1 N–H and O–H groups in total. The first-order valence-electron chi connectivity index (χ1n) is 15.3. The minimum Gasteiger partial charge on any atom is -0.493 e. The summed E-state index contributed by atoms with van der Waals surface area (Å²) >= 11 is 0. The zero-order valence-electron chi connectivity index (χ0n) is 26.7. The highest BCUT2D eigenvalue weighted by molar-refractivity contribution is 5.87. The molecule has 2 fully saturated rings. The van der Waals surface area contributed by atoms with Crippen LogP contribution in [0.15, 0.2) is 60.8 Å². The van der Waals surface area contributed by atoms with Crippen molar-refractivity contribution >= 4 is 17.8 Å². The Morgan fingerprint density at radius 1 is 0.932 bits per heavy atom. The Morgan fingerprint density at radius 3 is 2.09 bits per heavy atom. The molecule has 1 unspecified atom stereocenters. The fraction of sp³-hybridized carbons (Fsp3) is 0.486.